The summed E-state index contributed by atoms with van der Waals surface area (Å²) in [4.78, 5) is 41.4. The van der Waals surface area contributed by atoms with Crippen molar-refractivity contribution in [3.63, 3.8) is 0 Å². The second-order valence-corrected chi connectivity index (χ2v) is 5.64. The standard InChI is InChI=1S/C15H16N6O3/c1-9(22)17-12-7-8-20(15(24)19-12)13-14(23)21(2,16)11-6-4-3-5-10(11)18-13/h3-8,12H,16H2,1-2H3,(H-,17,19,22,24)/p+1. The maximum Gasteiger partial charge on any atom is 0.406 e. The lowest BCUT2D eigenvalue weighted by atomic mass is 10.2. The number of carbonyl (C=O) groups is 3. The number of aliphatic imine (C=N–C) groups is 1. The van der Waals surface area contributed by atoms with Gasteiger partial charge in [-0.15, -0.1) is 4.59 Å². The second kappa shape index (κ2) is 5.55. The molecule has 2 aliphatic rings. The zero-order valence-electron chi connectivity index (χ0n) is 13.2. The summed E-state index contributed by atoms with van der Waals surface area (Å²) in [6.45, 7) is 1.34. The van der Waals surface area contributed by atoms with Crippen LogP contribution in [-0.4, -0.2) is 41.8 Å². The molecule has 0 spiro atoms. The third kappa shape index (κ3) is 2.55. The number of para-hydroxylation sites is 2. The highest BCUT2D eigenvalue weighted by Gasteiger charge is 2.45. The van der Waals surface area contributed by atoms with Crippen molar-refractivity contribution >= 4 is 35.1 Å². The molecule has 0 aromatic heterocycles. The molecule has 124 valence electrons. The number of benzene rings is 1. The second-order valence-electron chi connectivity index (χ2n) is 5.64. The molecule has 9 heteroatoms. The van der Waals surface area contributed by atoms with Crippen molar-refractivity contribution in [3.05, 3.63) is 36.5 Å². The largest absolute Gasteiger partial charge is 0.406 e. The highest BCUT2D eigenvalue weighted by molar-refractivity contribution is 6.44. The number of rotatable bonds is 1. The van der Waals surface area contributed by atoms with Crippen LogP contribution in [0.15, 0.2) is 41.5 Å². The SMILES string of the molecule is CC(=O)NC1C=CN(C2=Nc3ccccc3[N+](C)(N)C2=O)C(=O)N1. The Bertz CT molecular complexity index is 798. The number of carbonyl (C=O) groups excluding carboxylic acids is 3. The van der Waals surface area contributed by atoms with E-state index in [1.165, 1.54) is 20.2 Å². The predicted octanol–water partition coefficient (Wildman–Crippen LogP) is 0.0687. The Morgan fingerprint density at radius 1 is 1.38 bits per heavy atom. The van der Waals surface area contributed by atoms with E-state index in [1.54, 1.807) is 30.3 Å². The van der Waals surface area contributed by atoms with Crippen LogP contribution in [-0.2, 0) is 9.59 Å². The van der Waals surface area contributed by atoms with E-state index in [0.717, 1.165) is 4.90 Å². The fourth-order valence-corrected chi connectivity index (χ4v) is 2.55. The minimum Gasteiger partial charge on any atom is -0.333 e. The van der Waals surface area contributed by atoms with Gasteiger partial charge in [0.05, 0.1) is 7.05 Å². The van der Waals surface area contributed by atoms with Gasteiger partial charge in [0.2, 0.25) is 5.91 Å². The molecule has 0 saturated heterocycles. The van der Waals surface area contributed by atoms with Gasteiger partial charge in [-0.25, -0.2) is 19.5 Å². The third-order valence-electron chi connectivity index (χ3n) is 3.73. The van der Waals surface area contributed by atoms with E-state index >= 15 is 0 Å². The summed E-state index contributed by atoms with van der Waals surface area (Å²) in [5.41, 5.74) is 1.06. The molecule has 0 aliphatic carbocycles. The summed E-state index contributed by atoms with van der Waals surface area (Å²) in [7, 11) is 1.53. The van der Waals surface area contributed by atoms with Crippen molar-refractivity contribution in [2.24, 2.45) is 10.8 Å². The van der Waals surface area contributed by atoms with E-state index in [-0.39, 0.29) is 11.7 Å². The molecule has 1 aromatic rings. The van der Waals surface area contributed by atoms with E-state index in [9.17, 15) is 14.4 Å². The van der Waals surface area contributed by atoms with Gasteiger partial charge in [-0.05, 0) is 12.1 Å². The molecule has 0 fully saturated rings. The molecule has 4 amide bonds. The maximum atomic E-state index is 12.7. The Balaban J connectivity index is 1.98. The quantitative estimate of drug-likeness (QED) is 0.384. The summed E-state index contributed by atoms with van der Waals surface area (Å²) in [6, 6.07) is 6.39. The molecule has 0 radical (unpaired) electrons. The Morgan fingerprint density at radius 2 is 2.08 bits per heavy atom. The lowest BCUT2D eigenvalue weighted by molar-refractivity contribution is -0.123. The van der Waals surface area contributed by atoms with Gasteiger partial charge in [-0.3, -0.25) is 4.79 Å². The van der Waals surface area contributed by atoms with Crippen molar-refractivity contribution in [2.45, 2.75) is 13.1 Å². The first-order valence-corrected chi connectivity index (χ1v) is 7.24. The topological polar surface area (TPSA) is 117 Å². The van der Waals surface area contributed by atoms with Crippen molar-refractivity contribution in [1.29, 1.82) is 0 Å². The van der Waals surface area contributed by atoms with E-state index in [2.05, 4.69) is 15.6 Å². The third-order valence-corrected chi connectivity index (χ3v) is 3.73. The molecule has 2 aliphatic heterocycles. The zero-order chi connectivity index (χ0) is 17.5. The normalized spacial score (nSPS) is 25.7. The summed E-state index contributed by atoms with van der Waals surface area (Å²) in [5.74, 6) is 5.24. The molecule has 24 heavy (non-hydrogen) atoms. The van der Waals surface area contributed by atoms with E-state index < -0.39 is 22.7 Å². The van der Waals surface area contributed by atoms with Crippen molar-refractivity contribution in [1.82, 2.24) is 20.1 Å². The summed E-state index contributed by atoms with van der Waals surface area (Å²) < 4.78 is -0.540. The number of quaternary nitrogens is 1. The predicted molar refractivity (Wildman–Crippen MR) is 87.6 cm³/mol. The van der Waals surface area contributed by atoms with Crippen LogP contribution in [0.5, 0.6) is 0 Å². The number of fused-ring (bicyclic) bond motifs is 1. The number of urea groups is 1. The molecule has 2 unspecified atom stereocenters. The molecule has 1 aromatic carbocycles. The number of amides is 4. The fraction of sp³-hybridized carbons (Fsp3) is 0.200. The van der Waals surface area contributed by atoms with Crippen molar-refractivity contribution < 1.29 is 14.4 Å². The van der Waals surface area contributed by atoms with Gasteiger partial charge in [-0.1, -0.05) is 12.1 Å². The number of nitrogens with two attached hydrogens (primary N) is 1. The smallest absolute Gasteiger partial charge is 0.333 e. The van der Waals surface area contributed by atoms with Crippen molar-refractivity contribution in [3.8, 4) is 0 Å². The lowest BCUT2D eigenvalue weighted by Crippen LogP contribution is -2.65. The van der Waals surface area contributed by atoms with E-state index in [1.807, 2.05) is 0 Å². The van der Waals surface area contributed by atoms with Crippen LogP contribution in [0.1, 0.15) is 6.92 Å². The Hall–Kier alpha value is -3.04. The lowest BCUT2D eigenvalue weighted by Gasteiger charge is -2.33. The molecule has 0 saturated carbocycles. The molecular formula is C15H17N6O3+. The van der Waals surface area contributed by atoms with Crippen LogP contribution in [0.2, 0.25) is 0 Å². The van der Waals surface area contributed by atoms with Crippen LogP contribution in [0, 0.1) is 0 Å². The first kappa shape index (κ1) is 15.8. The number of hydrogen-bond donors (Lipinski definition) is 3. The molecular weight excluding hydrogens is 312 g/mol. The van der Waals surface area contributed by atoms with Crippen LogP contribution < -0.4 is 21.1 Å². The van der Waals surface area contributed by atoms with Gasteiger partial charge >= 0.3 is 11.9 Å². The molecule has 3 rings (SSSR count). The average Bonchev–Trinajstić information content (AvgIpc) is 2.51. The van der Waals surface area contributed by atoms with E-state index in [4.69, 9.17) is 5.84 Å². The Kier molecular flexibility index (Phi) is 3.66. The average molecular weight is 329 g/mol. The summed E-state index contributed by atoms with van der Waals surface area (Å²) in [5, 5.41) is 5.10. The molecule has 2 atom stereocenters. The first-order valence-electron chi connectivity index (χ1n) is 7.24. The number of likely N-dealkylation sites (N-methyl/N-ethyl adjacent to an activating group) is 1. The minimum atomic E-state index is -0.642. The maximum absolute atomic E-state index is 12.7. The van der Waals surface area contributed by atoms with Gasteiger partial charge in [0.25, 0.3) is 5.84 Å². The number of nitrogens with zero attached hydrogens (tertiary/aromatic N) is 3. The highest BCUT2D eigenvalue weighted by Crippen LogP contribution is 2.34. The zero-order valence-corrected chi connectivity index (χ0v) is 13.2. The van der Waals surface area contributed by atoms with Gasteiger partial charge in [-0.2, -0.15) is 5.84 Å². The monoisotopic (exact) mass is 329 g/mol. The summed E-state index contributed by atoms with van der Waals surface area (Å²) >= 11 is 0. The molecule has 4 N–H and O–H groups in total. The van der Waals surface area contributed by atoms with Crippen LogP contribution in [0.3, 0.4) is 0 Å². The summed E-state index contributed by atoms with van der Waals surface area (Å²) in [6.07, 6.45) is 2.29. The fourth-order valence-electron chi connectivity index (χ4n) is 2.55. The van der Waals surface area contributed by atoms with Gasteiger partial charge < -0.3 is 10.6 Å². The van der Waals surface area contributed by atoms with Gasteiger partial charge in [0.15, 0.2) is 5.69 Å². The van der Waals surface area contributed by atoms with Gasteiger partial charge in [0.1, 0.15) is 11.9 Å². The minimum absolute atomic E-state index is 0.0891. The van der Waals surface area contributed by atoms with Crippen LogP contribution in [0.4, 0.5) is 16.2 Å². The molecule has 0 bridgehead atoms. The van der Waals surface area contributed by atoms with Gasteiger partial charge in [0, 0.05) is 19.2 Å². The Labute approximate surface area is 138 Å². The van der Waals surface area contributed by atoms with Crippen LogP contribution in [0.25, 0.3) is 0 Å². The van der Waals surface area contributed by atoms with Crippen LogP contribution >= 0.6 is 0 Å². The molecule has 9 nitrogen and oxygen atoms in total. The highest BCUT2D eigenvalue weighted by atomic mass is 16.2. The first-order chi connectivity index (χ1) is 11.3. The number of amidine groups is 1. The van der Waals surface area contributed by atoms with E-state index in [0.29, 0.717) is 11.4 Å². The van der Waals surface area contributed by atoms with Crippen molar-refractivity contribution in [2.75, 3.05) is 7.05 Å². The number of nitrogens with one attached hydrogen (secondary N) is 2. The number of hydrogen-bond acceptors (Lipinski definition) is 5. The molecule has 2 heterocycles. The Morgan fingerprint density at radius 3 is 2.75 bits per heavy atom.